The molecular weight excluding hydrogens is 232 g/mol. The van der Waals surface area contributed by atoms with E-state index in [9.17, 15) is 0 Å². The molecule has 0 aromatic carbocycles. The summed E-state index contributed by atoms with van der Waals surface area (Å²) in [5, 5.41) is 0. The predicted molar refractivity (Wildman–Crippen MR) is 81.2 cm³/mol. The lowest BCUT2D eigenvalue weighted by Crippen LogP contribution is -2.03. The number of hydrogen-bond donors (Lipinski definition) is 0. The minimum Gasteiger partial charge on any atom is -0.124 e. The fraction of sp³-hybridized carbons (Fsp3) is 1.00. The Morgan fingerprint density at radius 3 is 1.44 bits per heavy atom. The quantitative estimate of drug-likeness (QED) is 0.389. The average molecular weight is 262 g/mol. The second kappa shape index (κ2) is 10.6. The molecule has 0 fully saturated rings. The third-order valence-corrected chi connectivity index (χ3v) is 8.74. The zero-order valence-corrected chi connectivity index (χ0v) is 13.5. The van der Waals surface area contributed by atoms with Crippen molar-refractivity contribution in [2.75, 3.05) is 25.2 Å². The summed E-state index contributed by atoms with van der Waals surface area (Å²) in [6, 6.07) is 0. The van der Waals surface area contributed by atoms with Crippen LogP contribution in [0.15, 0.2) is 0 Å². The van der Waals surface area contributed by atoms with E-state index in [2.05, 4.69) is 27.4 Å². The van der Waals surface area contributed by atoms with E-state index >= 15 is 0 Å². The Bertz CT molecular complexity index is 214. The van der Waals surface area contributed by atoms with Crippen LogP contribution in [0.1, 0.15) is 59.3 Å². The Kier molecular flexibility index (Phi) is 10.9. The van der Waals surface area contributed by atoms with Gasteiger partial charge in [0, 0.05) is 18.5 Å². The lowest BCUT2D eigenvalue weighted by molar-refractivity contribution is 0.840. The molecule has 96 valence electrons. The highest BCUT2D eigenvalue weighted by Crippen LogP contribution is 2.48. The van der Waals surface area contributed by atoms with Crippen molar-refractivity contribution < 1.29 is 0 Å². The Morgan fingerprint density at radius 1 is 0.812 bits per heavy atom. The van der Waals surface area contributed by atoms with Crippen molar-refractivity contribution in [2.45, 2.75) is 59.3 Å². The van der Waals surface area contributed by atoms with Crippen molar-refractivity contribution in [3.8, 4) is 0 Å². The van der Waals surface area contributed by atoms with E-state index in [1.165, 1.54) is 65.4 Å². The molecule has 0 aliphatic carbocycles. The maximum Gasteiger partial charge on any atom is 0.346 e. The summed E-state index contributed by atoms with van der Waals surface area (Å²) < 4.78 is 5.05. The highest BCUT2D eigenvalue weighted by atomic mass is 31.2. The number of nitrogens with zero attached hydrogens (tertiary/aromatic N) is 1. The van der Waals surface area contributed by atoms with Gasteiger partial charge in [-0.25, -0.2) is 0 Å². The molecule has 16 heavy (non-hydrogen) atoms. The zero-order chi connectivity index (χ0) is 12.3. The van der Waals surface area contributed by atoms with Gasteiger partial charge in [-0.3, -0.25) is 0 Å². The van der Waals surface area contributed by atoms with Crippen LogP contribution in [-0.2, 0) is 0 Å². The molecule has 0 unspecified atom stereocenters. The maximum atomic E-state index is 5.05. The van der Waals surface area contributed by atoms with Gasteiger partial charge in [-0.1, -0.05) is 40.0 Å². The molecule has 0 aromatic heterocycles. The summed E-state index contributed by atoms with van der Waals surface area (Å²) in [5.74, 6) is 0. The SMILES string of the molecule is CCCCP(CCCC)(CCCC)=[N+]=PC. The minimum absolute atomic E-state index is 0.933. The van der Waals surface area contributed by atoms with Crippen molar-refractivity contribution in [1.82, 2.24) is 4.17 Å². The first-order valence-electron chi connectivity index (χ1n) is 6.92. The molecule has 0 amide bonds. The summed E-state index contributed by atoms with van der Waals surface area (Å²) in [5.41, 5.74) is 0. The molecule has 0 saturated heterocycles. The van der Waals surface area contributed by atoms with Gasteiger partial charge >= 0.3 is 8.37 Å². The molecule has 0 rings (SSSR count). The Morgan fingerprint density at radius 2 is 1.19 bits per heavy atom. The molecule has 0 aromatic rings. The van der Waals surface area contributed by atoms with Crippen LogP contribution < -0.4 is 4.17 Å². The van der Waals surface area contributed by atoms with Crippen molar-refractivity contribution in [2.24, 2.45) is 0 Å². The van der Waals surface area contributed by atoms with Gasteiger partial charge in [0.05, 0.1) is 6.66 Å². The predicted octanol–water partition coefficient (Wildman–Crippen LogP) is 5.41. The number of unbranched alkanes of at least 4 members (excludes halogenated alkanes) is 3. The van der Waals surface area contributed by atoms with Crippen LogP contribution in [0.3, 0.4) is 0 Å². The first kappa shape index (κ1) is 16.4. The van der Waals surface area contributed by atoms with Crippen LogP contribution in [0.5, 0.6) is 0 Å². The monoisotopic (exact) mass is 262 g/mol. The van der Waals surface area contributed by atoms with E-state index in [1.807, 2.05) is 0 Å². The summed E-state index contributed by atoms with van der Waals surface area (Å²) in [6.07, 6.45) is 12.4. The molecule has 0 N–H and O–H groups in total. The van der Waals surface area contributed by atoms with Crippen molar-refractivity contribution in [1.29, 1.82) is 0 Å². The van der Waals surface area contributed by atoms with Gasteiger partial charge in [0.1, 0.15) is 0 Å². The van der Waals surface area contributed by atoms with Crippen LogP contribution >= 0.6 is 15.4 Å². The van der Waals surface area contributed by atoms with Crippen LogP contribution in [0.2, 0.25) is 0 Å². The third-order valence-electron chi connectivity index (χ3n) is 3.06. The molecule has 0 bridgehead atoms. The Balaban J connectivity index is 4.68. The van der Waals surface area contributed by atoms with Crippen molar-refractivity contribution >= 4 is 15.4 Å². The standard InChI is InChI=1S/C13H30NP2/c1-5-8-11-16(14-15-4,12-9-6-2)13-10-7-3/h5-13H2,1-4H3/q+1. The van der Waals surface area contributed by atoms with Gasteiger partial charge in [-0.15, -0.1) is 4.17 Å². The topological polar surface area (TPSA) is 14.1 Å². The first-order valence-corrected chi connectivity index (χ1v) is 10.5. The Labute approximate surface area is 104 Å². The normalized spacial score (nSPS) is 11.8. The number of hydrogen-bond acceptors (Lipinski definition) is 0. The second-order valence-corrected chi connectivity index (χ2v) is 9.26. The molecule has 0 saturated carbocycles. The molecule has 0 aliphatic heterocycles. The fourth-order valence-corrected chi connectivity index (χ4v) is 7.99. The van der Waals surface area contributed by atoms with Gasteiger partial charge in [0.15, 0.2) is 0 Å². The molecule has 0 radical (unpaired) electrons. The van der Waals surface area contributed by atoms with Crippen LogP contribution in [0.25, 0.3) is 0 Å². The van der Waals surface area contributed by atoms with Gasteiger partial charge < -0.3 is 0 Å². The molecule has 0 aliphatic rings. The molecule has 1 nitrogen and oxygen atoms in total. The smallest absolute Gasteiger partial charge is 0.124 e. The molecule has 0 spiro atoms. The third kappa shape index (κ3) is 6.90. The van der Waals surface area contributed by atoms with E-state index in [1.54, 1.807) is 0 Å². The summed E-state index contributed by atoms with van der Waals surface area (Å²) >= 11 is 0. The first-order chi connectivity index (χ1) is 7.74. The zero-order valence-electron chi connectivity index (χ0n) is 11.7. The van der Waals surface area contributed by atoms with Crippen molar-refractivity contribution in [3.63, 3.8) is 0 Å². The summed E-state index contributed by atoms with van der Waals surface area (Å²) in [6.45, 7) is 9.10. The molecule has 0 atom stereocenters. The number of rotatable bonds is 9. The summed E-state index contributed by atoms with van der Waals surface area (Å²) in [7, 11) is 0.343. The Hall–Kier alpha value is 0.440. The minimum atomic E-state index is -0.933. The van der Waals surface area contributed by atoms with E-state index < -0.39 is 7.05 Å². The lowest BCUT2D eigenvalue weighted by Gasteiger charge is -2.12. The fourth-order valence-electron chi connectivity index (χ4n) is 2.02. The van der Waals surface area contributed by atoms with Crippen LogP contribution in [0, 0.1) is 0 Å². The van der Waals surface area contributed by atoms with Gasteiger partial charge in [0.2, 0.25) is 7.05 Å². The van der Waals surface area contributed by atoms with Gasteiger partial charge in [-0.05, 0) is 19.3 Å². The summed E-state index contributed by atoms with van der Waals surface area (Å²) in [4.78, 5) is 0. The van der Waals surface area contributed by atoms with E-state index in [4.69, 9.17) is 4.17 Å². The van der Waals surface area contributed by atoms with Crippen LogP contribution in [0.4, 0.5) is 0 Å². The highest BCUT2D eigenvalue weighted by molar-refractivity contribution is 7.67. The lowest BCUT2D eigenvalue weighted by atomic mass is 10.4. The largest absolute Gasteiger partial charge is 0.346 e. The molecule has 0 heterocycles. The van der Waals surface area contributed by atoms with Crippen LogP contribution in [-0.4, -0.2) is 25.2 Å². The van der Waals surface area contributed by atoms with Gasteiger partial charge in [0.25, 0.3) is 0 Å². The molecule has 3 heteroatoms. The average Bonchev–Trinajstić information content (AvgIpc) is 2.31. The second-order valence-electron chi connectivity index (χ2n) is 4.62. The van der Waals surface area contributed by atoms with Gasteiger partial charge in [-0.2, -0.15) is 0 Å². The highest BCUT2D eigenvalue weighted by Gasteiger charge is 2.27. The van der Waals surface area contributed by atoms with E-state index in [0.717, 1.165) is 0 Å². The molecular formula is C13H30NP2+. The van der Waals surface area contributed by atoms with Crippen molar-refractivity contribution in [3.05, 3.63) is 0 Å². The maximum absolute atomic E-state index is 5.05. The van der Waals surface area contributed by atoms with E-state index in [0.29, 0.717) is 0 Å². The van der Waals surface area contributed by atoms with E-state index in [-0.39, 0.29) is 0 Å².